The number of rotatable bonds is 4. The number of nitrogens with zero attached hydrogens (tertiary/aromatic N) is 3. The third-order valence-electron chi connectivity index (χ3n) is 4.06. The number of aryl methyl sites for hydroxylation is 1. The Hall–Kier alpha value is -3.68. The van der Waals surface area contributed by atoms with Crippen molar-refractivity contribution in [2.45, 2.75) is 6.92 Å². The molecule has 0 N–H and O–H groups in total. The molecular formula is C20H18FN3O4. The largest absolute Gasteiger partial charge is 0.465 e. The minimum atomic E-state index is -0.760. The standard InChI is InChI=1S/C20H18FN3O4/c1-13-11-22-24(12-13)17-8-7-14(10-16(17)21)23-9-5-4-6-15(19(25)27-2)18(23)20(26)28-3/h4-12H,1-3H3. The lowest BCUT2D eigenvalue weighted by Gasteiger charge is -2.23. The van der Waals surface area contributed by atoms with Gasteiger partial charge in [-0.05, 0) is 36.8 Å². The second kappa shape index (κ2) is 7.91. The summed E-state index contributed by atoms with van der Waals surface area (Å²) in [6, 6.07) is 4.40. The van der Waals surface area contributed by atoms with Crippen molar-refractivity contribution in [2.24, 2.45) is 0 Å². The number of allylic oxidation sites excluding steroid dienone is 2. The number of methoxy groups -OCH3 is 2. The molecule has 1 aliphatic heterocycles. The lowest BCUT2D eigenvalue weighted by atomic mass is 10.1. The molecule has 3 rings (SSSR count). The molecule has 0 radical (unpaired) electrons. The van der Waals surface area contributed by atoms with Gasteiger partial charge in [0.2, 0.25) is 0 Å². The SMILES string of the molecule is COC(=O)C1=C(C(=O)OC)N(c2ccc(-n3cc(C)cn3)c(F)c2)C=CC=C1. The summed E-state index contributed by atoms with van der Waals surface area (Å²) in [5, 5.41) is 4.10. The number of hydrogen-bond donors (Lipinski definition) is 0. The first kappa shape index (κ1) is 19.1. The molecule has 7 nitrogen and oxygen atoms in total. The summed E-state index contributed by atoms with van der Waals surface area (Å²) in [5.41, 5.74) is 1.38. The van der Waals surface area contributed by atoms with Crippen LogP contribution < -0.4 is 4.90 Å². The van der Waals surface area contributed by atoms with Crippen molar-refractivity contribution in [3.63, 3.8) is 0 Å². The molecule has 0 unspecified atom stereocenters. The maximum Gasteiger partial charge on any atom is 0.355 e. The summed E-state index contributed by atoms with van der Waals surface area (Å²) in [4.78, 5) is 25.9. The van der Waals surface area contributed by atoms with Crippen LogP contribution in [0.15, 0.2) is 66.3 Å². The Morgan fingerprint density at radius 2 is 1.86 bits per heavy atom. The molecule has 0 aliphatic carbocycles. The normalized spacial score (nSPS) is 13.5. The molecule has 0 atom stereocenters. The number of carbonyl (C=O) groups excluding carboxylic acids is 2. The molecule has 28 heavy (non-hydrogen) atoms. The number of halogens is 1. The Morgan fingerprint density at radius 1 is 1.11 bits per heavy atom. The van der Waals surface area contributed by atoms with Gasteiger partial charge in [-0.1, -0.05) is 6.08 Å². The number of carbonyl (C=O) groups is 2. The molecule has 1 aromatic heterocycles. The van der Waals surface area contributed by atoms with Gasteiger partial charge >= 0.3 is 11.9 Å². The Kier molecular flexibility index (Phi) is 5.39. The van der Waals surface area contributed by atoms with Crippen LogP contribution in [0.4, 0.5) is 10.1 Å². The van der Waals surface area contributed by atoms with E-state index in [9.17, 15) is 14.0 Å². The molecule has 2 aromatic rings. The van der Waals surface area contributed by atoms with E-state index in [0.717, 1.165) is 5.56 Å². The first-order valence-electron chi connectivity index (χ1n) is 8.32. The van der Waals surface area contributed by atoms with Crippen LogP contribution in [-0.2, 0) is 19.1 Å². The first-order chi connectivity index (χ1) is 13.5. The Balaban J connectivity index is 2.11. The molecule has 0 saturated heterocycles. The summed E-state index contributed by atoms with van der Waals surface area (Å²) in [5.74, 6) is -2.02. The maximum absolute atomic E-state index is 14.8. The summed E-state index contributed by atoms with van der Waals surface area (Å²) in [7, 11) is 2.41. The fourth-order valence-corrected chi connectivity index (χ4v) is 2.74. The zero-order valence-electron chi connectivity index (χ0n) is 15.5. The molecule has 144 valence electrons. The molecule has 1 aromatic carbocycles. The van der Waals surface area contributed by atoms with Crippen molar-refractivity contribution in [3.05, 3.63) is 77.7 Å². The van der Waals surface area contributed by atoms with E-state index in [1.54, 1.807) is 30.6 Å². The van der Waals surface area contributed by atoms with Crippen molar-refractivity contribution < 1.29 is 23.5 Å². The van der Waals surface area contributed by atoms with E-state index < -0.39 is 17.8 Å². The van der Waals surface area contributed by atoms with E-state index in [1.807, 2.05) is 6.92 Å². The predicted molar refractivity (Wildman–Crippen MR) is 100 cm³/mol. The zero-order valence-corrected chi connectivity index (χ0v) is 15.5. The highest BCUT2D eigenvalue weighted by molar-refractivity contribution is 6.05. The van der Waals surface area contributed by atoms with E-state index in [2.05, 4.69) is 5.10 Å². The lowest BCUT2D eigenvalue weighted by Crippen LogP contribution is -2.27. The number of anilines is 1. The van der Waals surface area contributed by atoms with Gasteiger partial charge in [0.05, 0.1) is 26.0 Å². The van der Waals surface area contributed by atoms with Gasteiger partial charge in [0, 0.05) is 24.2 Å². The van der Waals surface area contributed by atoms with Gasteiger partial charge in [0.15, 0.2) is 5.82 Å². The predicted octanol–water partition coefficient (Wildman–Crippen LogP) is 2.81. The molecule has 2 heterocycles. The van der Waals surface area contributed by atoms with Crippen LogP contribution in [0.25, 0.3) is 5.69 Å². The summed E-state index contributed by atoms with van der Waals surface area (Å²) < 4.78 is 25.8. The van der Waals surface area contributed by atoms with Crippen LogP contribution in [0.5, 0.6) is 0 Å². The molecular weight excluding hydrogens is 365 g/mol. The van der Waals surface area contributed by atoms with Crippen molar-refractivity contribution in [1.29, 1.82) is 0 Å². The van der Waals surface area contributed by atoms with Gasteiger partial charge in [0.1, 0.15) is 11.4 Å². The van der Waals surface area contributed by atoms with Gasteiger partial charge < -0.3 is 14.4 Å². The maximum atomic E-state index is 14.8. The van der Waals surface area contributed by atoms with E-state index in [4.69, 9.17) is 9.47 Å². The second-order valence-electron chi connectivity index (χ2n) is 5.91. The molecule has 0 bridgehead atoms. The molecule has 0 spiro atoms. The average molecular weight is 383 g/mol. The number of hydrogen-bond acceptors (Lipinski definition) is 6. The number of ether oxygens (including phenoxy) is 2. The second-order valence-corrected chi connectivity index (χ2v) is 5.91. The first-order valence-corrected chi connectivity index (χ1v) is 8.32. The highest BCUT2D eigenvalue weighted by atomic mass is 19.1. The van der Waals surface area contributed by atoms with Crippen LogP contribution in [0.1, 0.15) is 5.56 Å². The fourth-order valence-electron chi connectivity index (χ4n) is 2.74. The molecule has 0 fully saturated rings. The van der Waals surface area contributed by atoms with E-state index >= 15 is 0 Å². The van der Waals surface area contributed by atoms with Crippen molar-refractivity contribution in [3.8, 4) is 5.69 Å². The van der Waals surface area contributed by atoms with E-state index in [0.29, 0.717) is 5.69 Å². The summed E-state index contributed by atoms with van der Waals surface area (Å²) in [6.07, 6.45) is 9.48. The van der Waals surface area contributed by atoms with Gasteiger partial charge in [-0.25, -0.2) is 18.7 Å². The molecule has 0 saturated carbocycles. The van der Waals surface area contributed by atoms with E-state index in [1.165, 1.54) is 48.2 Å². The minimum Gasteiger partial charge on any atom is -0.465 e. The fraction of sp³-hybridized carbons (Fsp3) is 0.150. The van der Waals surface area contributed by atoms with E-state index in [-0.39, 0.29) is 17.0 Å². The van der Waals surface area contributed by atoms with Crippen LogP contribution in [0, 0.1) is 12.7 Å². The Bertz CT molecular complexity index is 1020. The monoisotopic (exact) mass is 383 g/mol. The average Bonchev–Trinajstić information content (AvgIpc) is 3.00. The Labute approximate surface area is 161 Å². The van der Waals surface area contributed by atoms with Crippen LogP contribution >= 0.6 is 0 Å². The van der Waals surface area contributed by atoms with Crippen molar-refractivity contribution in [1.82, 2.24) is 9.78 Å². The van der Waals surface area contributed by atoms with Gasteiger partial charge in [-0.15, -0.1) is 0 Å². The molecule has 8 heteroatoms. The van der Waals surface area contributed by atoms with Gasteiger partial charge in [-0.3, -0.25) is 0 Å². The van der Waals surface area contributed by atoms with Gasteiger partial charge in [0.25, 0.3) is 0 Å². The highest BCUT2D eigenvalue weighted by Crippen LogP contribution is 2.28. The quantitative estimate of drug-likeness (QED) is 0.756. The number of aromatic nitrogens is 2. The summed E-state index contributed by atoms with van der Waals surface area (Å²) >= 11 is 0. The van der Waals surface area contributed by atoms with Crippen molar-refractivity contribution >= 4 is 17.6 Å². The third-order valence-corrected chi connectivity index (χ3v) is 4.06. The number of esters is 2. The topological polar surface area (TPSA) is 73.7 Å². The zero-order chi connectivity index (χ0) is 20.3. The number of benzene rings is 1. The molecule has 1 aliphatic rings. The lowest BCUT2D eigenvalue weighted by molar-refractivity contribution is -0.139. The summed E-state index contributed by atoms with van der Waals surface area (Å²) in [6.45, 7) is 1.85. The van der Waals surface area contributed by atoms with Crippen LogP contribution in [0.2, 0.25) is 0 Å². The van der Waals surface area contributed by atoms with Crippen molar-refractivity contribution in [2.75, 3.05) is 19.1 Å². The van der Waals surface area contributed by atoms with Crippen LogP contribution in [-0.4, -0.2) is 35.9 Å². The molecule has 0 amide bonds. The third kappa shape index (κ3) is 3.57. The highest BCUT2D eigenvalue weighted by Gasteiger charge is 2.27. The van der Waals surface area contributed by atoms with Gasteiger partial charge in [-0.2, -0.15) is 5.10 Å². The Morgan fingerprint density at radius 3 is 2.46 bits per heavy atom. The smallest absolute Gasteiger partial charge is 0.355 e. The van der Waals surface area contributed by atoms with Crippen LogP contribution in [0.3, 0.4) is 0 Å². The minimum absolute atomic E-state index is 0.00784.